The molecule has 1 unspecified atom stereocenters. The molecule has 58 heavy (non-hydrogen) atoms. The molecule has 1 heterocycles. The Kier molecular flexibility index (Phi) is 23.5. The minimum atomic E-state index is -1.17. The van der Waals surface area contributed by atoms with E-state index in [2.05, 4.69) is 5.32 Å². The standard InChI is InChI=1S/C42H75N5O11/c1-30(2)24-55-37(51)20-45(21-38(52)56-25-31(3)4)17-15-44(16-18-46(22-39(53)57-26-32(5)6)23-40(54)58-27-33(7)8)19-34(48)43-42(11,12)28-41(9,10)29-47-35(49)13-14-36(47)50/h13-14,30-33,37,51H,15-29H2,1-12H3,(H,43,48). The molecule has 0 saturated carbocycles. The maximum atomic E-state index is 13.8. The van der Waals surface area contributed by atoms with Crippen molar-refractivity contribution in [3.8, 4) is 0 Å². The van der Waals surface area contributed by atoms with Crippen molar-refractivity contribution in [2.75, 3.05) is 91.9 Å². The molecule has 1 aliphatic rings. The van der Waals surface area contributed by atoms with Crippen LogP contribution in [-0.4, -0.2) is 164 Å². The molecule has 2 N–H and O–H groups in total. The summed E-state index contributed by atoms with van der Waals surface area (Å²) in [7, 11) is 0. The molecule has 0 saturated heterocycles. The lowest BCUT2D eigenvalue weighted by Crippen LogP contribution is -2.53. The maximum absolute atomic E-state index is 13.8. The number of amides is 3. The van der Waals surface area contributed by atoms with E-state index in [0.29, 0.717) is 13.0 Å². The van der Waals surface area contributed by atoms with E-state index >= 15 is 0 Å². The molecule has 1 aliphatic heterocycles. The van der Waals surface area contributed by atoms with Crippen LogP contribution in [0.5, 0.6) is 0 Å². The molecule has 1 rings (SSSR count). The Morgan fingerprint density at radius 2 is 1.03 bits per heavy atom. The Morgan fingerprint density at radius 1 is 0.638 bits per heavy atom. The number of esters is 3. The predicted octanol–water partition coefficient (Wildman–Crippen LogP) is 2.72. The van der Waals surface area contributed by atoms with E-state index in [1.807, 2.05) is 88.0 Å². The van der Waals surface area contributed by atoms with Crippen molar-refractivity contribution in [3.63, 3.8) is 0 Å². The first-order valence-electron chi connectivity index (χ1n) is 20.6. The quantitative estimate of drug-likeness (QED) is 0.0467. The van der Waals surface area contributed by atoms with Gasteiger partial charge in [-0.2, -0.15) is 0 Å². The average molecular weight is 826 g/mol. The molecule has 16 heteroatoms. The van der Waals surface area contributed by atoms with E-state index in [0.717, 1.165) is 0 Å². The second-order valence-electron chi connectivity index (χ2n) is 18.5. The van der Waals surface area contributed by atoms with Gasteiger partial charge in [-0.05, 0) is 49.4 Å². The summed E-state index contributed by atoms with van der Waals surface area (Å²) >= 11 is 0. The van der Waals surface area contributed by atoms with Crippen LogP contribution in [0.25, 0.3) is 0 Å². The number of aliphatic hydroxyl groups excluding tert-OH is 1. The van der Waals surface area contributed by atoms with Crippen LogP contribution in [0.3, 0.4) is 0 Å². The van der Waals surface area contributed by atoms with Gasteiger partial charge in [0, 0.05) is 57.0 Å². The van der Waals surface area contributed by atoms with Crippen LogP contribution in [0.2, 0.25) is 0 Å². The normalized spacial score (nSPS) is 14.2. The smallest absolute Gasteiger partial charge is 0.320 e. The lowest BCUT2D eigenvalue weighted by Gasteiger charge is -2.38. The van der Waals surface area contributed by atoms with Gasteiger partial charge >= 0.3 is 17.9 Å². The number of rotatable bonds is 30. The lowest BCUT2D eigenvalue weighted by molar-refractivity contribution is -0.151. The van der Waals surface area contributed by atoms with E-state index < -0.39 is 35.2 Å². The van der Waals surface area contributed by atoms with Gasteiger partial charge in [-0.25, -0.2) is 0 Å². The molecule has 0 bridgehead atoms. The zero-order valence-corrected chi connectivity index (χ0v) is 37.5. The van der Waals surface area contributed by atoms with Crippen LogP contribution in [0.4, 0.5) is 0 Å². The lowest BCUT2D eigenvalue weighted by atomic mass is 9.79. The van der Waals surface area contributed by atoms with E-state index in [1.165, 1.54) is 17.1 Å². The van der Waals surface area contributed by atoms with Crippen LogP contribution in [0, 0.1) is 29.1 Å². The average Bonchev–Trinajstić information content (AvgIpc) is 3.39. The molecule has 0 aromatic heterocycles. The van der Waals surface area contributed by atoms with E-state index in [-0.39, 0.29) is 127 Å². The third kappa shape index (κ3) is 24.5. The topological polar surface area (TPSA) is 185 Å². The summed E-state index contributed by atoms with van der Waals surface area (Å²) < 4.78 is 21.9. The summed E-state index contributed by atoms with van der Waals surface area (Å²) in [5.41, 5.74) is -1.28. The zero-order chi connectivity index (χ0) is 44.2. The summed E-state index contributed by atoms with van der Waals surface area (Å²) in [6.07, 6.45) is 1.76. The largest absolute Gasteiger partial charge is 0.464 e. The van der Waals surface area contributed by atoms with Gasteiger partial charge in [-0.3, -0.25) is 48.4 Å². The number of ether oxygens (including phenoxy) is 4. The summed E-state index contributed by atoms with van der Waals surface area (Å²) in [5.74, 6) is -1.92. The van der Waals surface area contributed by atoms with E-state index in [4.69, 9.17) is 18.9 Å². The number of carbonyl (C=O) groups excluding carboxylic acids is 6. The van der Waals surface area contributed by atoms with Crippen LogP contribution in [-0.2, 0) is 47.7 Å². The van der Waals surface area contributed by atoms with Gasteiger partial charge < -0.3 is 29.4 Å². The number of nitrogens with zero attached hydrogens (tertiary/aromatic N) is 4. The van der Waals surface area contributed by atoms with Gasteiger partial charge in [-0.15, -0.1) is 0 Å². The molecule has 1 atom stereocenters. The van der Waals surface area contributed by atoms with Gasteiger partial charge in [-0.1, -0.05) is 69.2 Å². The fourth-order valence-electron chi connectivity index (χ4n) is 6.26. The van der Waals surface area contributed by atoms with E-state index in [9.17, 15) is 33.9 Å². The van der Waals surface area contributed by atoms with Crippen LogP contribution < -0.4 is 5.32 Å². The molecular weight excluding hydrogens is 750 g/mol. The van der Waals surface area contributed by atoms with Crippen molar-refractivity contribution in [1.29, 1.82) is 0 Å². The minimum Gasteiger partial charge on any atom is -0.464 e. The molecule has 0 radical (unpaired) electrons. The minimum absolute atomic E-state index is 0.0126. The Balaban J connectivity index is 3.29. The Hall–Kier alpha value is -3.44. The number of hydrogen-bond donors (Lipinski definition) is 2. The van der Waals surface area contributed by atoms with Gasteiger partial charge in [0.2, 0.25) is 5.91 Å². The monoisotopic (exact) mass is 826 g/mol. The van der Waals surface area contributed by atoms with Crippen LogP contribution >= 0.6 is 0 Å². The highest BCUT2D eigenvalue weighted by molar-refractivity contribution is 6.12. The highest BCUT2D eigenvalue weighted by atomic mass is 16.6. The molecule has 0 aliphatic carbocycles. The van der Waals surface area contributed by atoms with Gasteiger partial charge in [0.15, 0.2) is 6.29 Å². The predicted molar refractivity (Wildman–Crippen MR) is 220 cm³/mol. The first-order chi connectivity index (χ1) is 26.9. The Bertz CT molecular complexity index is 1300. The van der Waals surface area contributed by atoms with Gasteiger partial charge in [0.25, 0.3) is 11.8 Å². The van der Waals surface area contributed by atoms with Crippen molar-refractivity contribution >= 4 is 35.6 Å². The molecule has 0 fully saturated rings. The SMILES string of the molecule is CC(C)COC(=O)CN(CCN(CCN(CC(=O)OCC(C)C)CC(O)OCC(C)C)CC(=O)NC(C)(C)CC(C)(C)CN1C(=O)C=CC1=O)CC(=O)OCC(C)C. The number of hydrogen-bond acceptors (Lipinski definition) is 14. The number of aliphatic hydroxyl groups is 1. The second-order valence-corrected chi connectivity index (χ2v) is 18.5. The molecule has 0 aromatic rings. The summed E-state index contributed by atoms with van der Waals surface area (Å²) in [5, 5.41) is 13.8. The van der Waals surface area contributed by atoms with Crippen molar-refractivity contribution in [2.24, 2.45) is 29.1 Å². The molecule has 334 valence electrons. The third-order valence-electron chi connectivity index (χ3n) is 8.54. The van der Waals surface area contributed by atoms with Crippen LogP contribution in [0.1, 0.15) is 89.5 Å². The van der Waals surface area contributed by atoms with Gasteiger partial charge in [0.05, 0.1) is 52.6 Å². The van der Waals surface area contributed by atoms with E-state index in [1.54, 1.807) is 9.80 Å². The highest BCUT2D eigenvalue weighted by Crippen LogP contribution is 2.30. The molecule has 0 aromatic carbocycles. The molecule has 16 nitrogen and oxygen atoms in total. The Labute approximate surface area is 347 Å². The highest BCUT2D eigenvalue weighted by Gasteiger charge is 2.36. The van der Waals surface area contributed by atoms with Crippen molar-refractivity contribution in [3.05, 3.63) is 12.2 Å². The summed E-state index contributed by atoms with van der Waals surface area (Å²) in [6, 6.07) is 0. The first kappa shape index (κ1) is 52.6. The van der Waals surface area contributed by atoms with Gasteiger partial charge in [0.1, 0.15) is 0 Å². The van der Waals surface area contributed by atoms with Crippen LogP contribution in [0.15, 0.2) is 12.2 Å². The van der Waals surface area contributed by atoms with Crippen molar-refractivity contribution in [2.45, 2.75) is 101 Å². The summed E-state index contributed by atoms with van der Waals surface area (Å²) in [6.45, 7) is 24.7. The molecule has 3 amide bonds. The first-order valence-corrected chi connectivity index (χ1v) is 20.6. The zero-order valence-electron chi connectivity index (χ0n) is 37.5. The maximum Gasteiger partial charge on any atom is 0.320 e. The molecule has 0 spiro atoms. The number of carbonyl (C=O) groups is 6. The van der Waals surface area contributed by atoms with Crippen molar-refractivity contribution < 1.29 is 52.8 Å². The fraction of sp³-hybridized carbons (Fsp3) is 0.810. The number of nitrogens with one attached hydrogen (secondary N) is 1. The summed E-state index contributed by atoms with van der Waals surface area (Å²) in [4.78, 5) is 83.2. The number of imide groups is 1. The second kappa shape index (κ2) is 25.9. The third-order valence-corrected chi connectivity index (χ3v) is 8.54. The fourth-order valence-corrected chi connectivity index (χ4v) is 6.26. The Morgan fingerprint density at radius 3 is 1.47 bits per heavy atom. The van der Waals surface area contributed by atoms with Crippen molar-refractivity contribution in [1.82, 2.24) is 24.9 Å². The molecular formula is C42H75N5O11.